The van der Waals surface area contributed by atoms with Crippen LogP contribution in [0.15, 0.2) is 12.1 Å². The van der Waals surface area contributed by atoms with Crippen molar-refractivity contribution < 1.29 is 14.9 Å². The Labute approximate surface area is 122 Å². The molecule has 0 aliphatic carbocycles. The van der Waals surface area contributed by atoms with E-state index in [0.29, 0.717) is 5.75 Å². The smallest absolute Gasteiger partial charge is 0.161 e. The zero-order chi connectivity index (χ0) is 15.9. The molecule has 0 radical (unpaired) electrons. The molecule has 0 unspecified atom stereocenters. The van der Waals surface area contributed by atoms with Crippen LogP contribution in [0.3, 0.4) is 0 Å². The van der Waals surface area contributed by atoms with Gasteiger partial charge in [0.2, 0.25) is 0 Å². The molecule has 2 N–H and O–H groups in total. The fraction of sp³-hybridized carbons (Fsp3) is 0.647. The van der Waals surface area contributed by atoms with E-state index in [4.69, 9.17) is 4.74 Å². The van der Waals surface area contributed by atoms with E-state index in [1.807, 2.05) is 32.9 Å². The standard InChI is InChI=1S/C17H28O3/c1-11-9-12(10-13(20-8)14(11)18)15(2,3)16(4,5)17(6,7)19/h9-10,18-19H,1-8H3. The van der Waals surface area contributed by atoms with Gasteiger partial charge in [-0.25, -0.2) is 0 Å². The van der Waals surface area contributed by atoms with Gasteiger partial charge in [0.15, 0.2) is 11.5 Å². The largest absolute Gasteiger partial charge is 0.504 e. The highest BCUT2D eigenvalue weighted by molar-refractivity contribution is 5.50. The van der Waals surface area contributed by atoms with Crippen LogP contribution < -0.4 is 4.74 Å². The van der Waals surface area contributed by atoms with Gasteiger partial charge in [0.1, 0.15) is 0 Å². The minimum Gasteiger partial charge on any atom is -0.504 e. The molecule has 114 valence electrons. The lowest BCUT2D eigenvalue weighted by atomic mass is 9.57. The van der Waals surface area contributed by atoms with Crippen LogP contribution in [-0.2, 0) is 5.41 Å². The van der Waals surface area contributed by atoms with E-state index in [1.165, 1.54) is 0 Å². The Hall–Kier alpha value is -1.22. The number of hydrogen-bond donors (Lipinski definition) is 2. The summed E-state index contributed by atoms with van der Waals surface area (Å²) in [5.41, 5.74) is 0.316. The van der Waals surface area contributed by atoms with Crippen molar-refractivity contribution >= 4 is 0 Å². The van der Waals surface area contributed by atoms with Crippen molar-refractivity contribution in [3.05, 3.63) is 23.3 Å². The van der Waals surface area contributed by atoms with Gasteiger partial charge in [0, 0.05) is 5.41 Å². The molecule has 0 aliphatic heterocycles. The number of ether oxygens (including phenoxy) is 1. The third-order valence-electron chi connectivity index (χ3n) is 5.30. The Balaban J connectivity index is 3.47. The minimum atomic E-state index is -0.838. The normalized spacial score (nSPS) is 13.4. The summed E-state index contributed by atoms with van der Waals surface area (Å²) >= 11 is 0. The van der Waals surface area contributed by atoms with E-state index < -0.39 is 5.60 Å². The first-order chi connectivity index (χ1) is 8.86. The summed E-state index contributed by atoms with van der Waals surface area (Å²) in [4.78, 5) is 0. The van der Waals surface area contributed by atoms with Crippen molar-refractivity contribution in [2.75, 3.05) is 7.11 Å². The average molecular weight is 280 g/mol. The number of aromatic hydroxyl groups is 1. The topological polar surface area (TPSA) is 49.7 Å². The number of benzene rings is 1. The molecule has 0 bridgehead atoms. The molecular formula is C17H28O3. The molecule has 1 aromatic carbocycles. The van der Waals surface area contributed by atoms with E-state index in [9.17, 15) is 10.2 Å². The fourth-order valence-corrected chi connectivity index (χ4v) is 2.39. The van der Waals surface area contributed by atoms with Gasteiger partial charge in [-0.3, -0.25) is 0 Å². The molecule has 1 aromatic rings. The first kappa shape index (κ1) is 16.8. The van der Waals surface area contributed by atoms with E-state index in [-0.39, 0.29) is 16.6 Å². The summed E-state index contributed by atoms with van der Waals surface area (Å²) in [6, 6.07) is 3.82. The predicted molar refractivity (Wildman–Crippen MR) is 82.5 cm³/mol. The molecule has 0 amide bonds. The van der Waals surface area contributed by atoms with Crippen LogP contribution >= 0.6 is 0 Å². The van der Waals surface area contributed by atoms with Crippen LogP contribution in [0.5, 0.6) is 11.5 Å². The highest BCUT2D eigenvalue weighted by Crippen LogP contribution is 2.49. The van der Waals surface area contributed by atoms with Gasteiger partial charge >= 0.3 is 0 Å². The molecule has 3 nitrogen and oxygen atoms in total. The van der Waals surface area contributed by atoms with Gasteiger partial charge in [0.25, 0.3) is 0 Å². The number of methoxy groups -OCH3 is 1. The Morgan fingerprint density at radius 1 is 1.00 bits per heavy atom. The Morgan fingerprint density at radius 2 is 1.50 bits per heavy atom. The highest BCUT2D eigenvalue weighted by Gasteiger charge is 2.48. The van der Waals surface area contributed by atoms with Gasteiger partial charge in [0.05, 0.1) is 12.7 Å². The molecule has 0 fully saturated rings. The van der Waals surface area contributed by atoms with Crippen molar-refractivity contribution in [2.24, 2.45) is 5.41 Å². The van der Waals surface area contributed by atoms with Crippen molar-refractivity contribution in [3.63, 3.8) is 0 Å². The highest BCUT2D eigenvalue weighted by atomic mass is 16.5. The third-order valence-corrected chi connectivity index (χ3v) is 5.30. The first-order valence-corrected chi connectivity index (χ1v) is 6.96. The van der Waals surface area contributed by atoms with Gasteiger partial charge in [-0.05, 0) is 43.4 Å². The number of hydrogen-bond acceptors (Lipinski definition) is 3. The van der Waals surface area contributed by atoms with Crippen LogP contribution in [0.2, 0.25) is 0 Å². The van der Waals surface area contributed by atoms with Crippen LogP contribution in [0, 0.1) is 12.3 Å². The molecule has 3 heteroatoms. The number of aliphatic hydroxyl groups is 1. The van der Waals surface area contributed by atoms with Crippen LogP contribution in [0.4, 0.5) is 0 Å². The molecule has 0 aromatic heterocycles. The number of rotatable bonds is 4. The average Bonchev–Trinajstić information content (AvgIpc) is 2.30. The van der Waals surface area contributed by atoms with E-state index in [2.05, 4.69) is 27.7 Å². The van der Waals surface area contributed by atoms with Crippen LogP contribution in [-0.4, -0.2) is 22.9 Å². The lowest BCUT2D eigenvalue weighted by Crippen LogP contribution is -2.51. The molecular weight excluding hydrogens is 252 g/mol. The zero-order valence-electron chi connectivity index (χ0n) is 14.0. The summed E-state index contributed by atoms with van der Waals surface area (Å²) in [5, 5.41) is 20.5. The van der Waals surface area contributed by atoms with Crippen LogP contribution in [0.25, 0.3) is 0 Å². The molecule has 0 saturated carbocycles. The maximum absolute atomic E-state index is 10.5. The lowest BCUT2D eigenvalue weighted by molar-refractivity contribution is -0.0734. The van der Waals surface area contributed by atoms with Gasteiger partial charge in [-0.1, -0.05) is 33.8 Å². The third kappa shape index (κ3) is 2.51. The van der Waals surface area contributed by atoms with E-state index in [0.717, 1.165) is 11.1 Å². The van der Waals surface area contributed by atoms with E-state index >= 15 is 0 Å². The summed E-state index contributed by atoms with van der Waals surface area (Å²) in [5.74, 6) is 0.646. The summed E-state index contributed by atoms with van der Waals surface area (Å²) in [6.07, 6.45) is 0. The SMILES string of the molecule is COc1cc(C(C)(C)C(C)(C)C(C)(C)O)cc(C)c1O. The maximum Gasteiger partial charge on any atom is 0.161 e. The second-order valence-corrected chi connectivity index (χ2v) is 7.15. The monoisotopic (exact) mass is 280 g/mol. The van der Waals surface area contributed by atoms with Crippen molar-refractivity contribution in [3.8, 4) is 11.5 Å². The second-order valence-electron chi connectivity index (χ2n) is 7.15. The number of phenolic OH excluding ortho intramolecular Hbond substituents is 1. The number of phenols is 1. The molecule has 0 spiro atoms. The maximum atomic E-state index is 10.5. The Kier molecular flexibility index (Phi) is 4.17. The molecule has 0 saturated heterocycles. The summed E-state index contributed by atoms with van der Waals surface area (Å²) in [6.45, 7) is 13.9. The number of aryl methyl sites for hydroxylation is 1. The minimum absolute atomic E-state index is 0.174. The fourth-order valence-electron chi connectivity index (χ4n) is 2.39. The molecule has 0 aliphatic rings. The lowest BCUT2D eigenvalue weighted by Gasteiger charge is -2.50. The van der Waals surface area contributed by atoms with Gasteiger partial charge < -0.3 is 14.9 Å². The first-order valence-electron chi connectivity index (χ1n) is 6.96. The zero-order valence-corrected chi connectivity index (χ0v) is 14.0. The van der Waals surface area contributed by atoms with Gasteiger partial charge in [-0.15, -0.1) is 0 Å². The van der Waals surface area contributed by atoms with Gasteiger partial charge in [-0.2, -0.15) is 0 Å². The quantitative estimate of drug-likeness (QED) is 0.882. The molecule has 20 heavy (non-hydrogen) atoms. The molecule has 1 rings (SSSR count). The Bertz CT molecular complexity index is 494. The summed E-state index contributed by atoms with van der Waals surface area (Å²) < 4.78 is 5.25. The van der Waals surface area contributed by atoms with E-state index in [1.54, 1.807) is 7.11 Å². The molecule has 0 heterocycles. The Morgan fingerprint density at radius 3 is 1.90 bits per heavy atom. The predicted octanol–water partition coefficient (Wildman–Crippen LogP) is 3.78. The summed E-state index contributed by atoms with van der Waals surface area (Å²) in [7, 11) is 1.55. The second kappa shape index (κ2) is 4.96. The van der Waals surface area contributed by atoms with Crippen LogP contribution in [0.1, 0.15) is 52.7 Å². The van der Waals surface area contributed by atoms with Crippen molar-refractivity contribution in [2.45, 2.75) is 59.5 Å². The molecule has 0 atom stereocenters. The van der Waals surface area contributed by atoms with Crippen molar-refractivity contribution in [1.29, 1.82) is 0 Å². The van der Waals surface area contributed by atoms with Crippen molar-refractivity contribution in [1.82, 2.24) is 0 Å².